The van der Waals surface area contributed by atoms with E-state index < -0.39 is 0 Å². The third-order valence-corrected chi connectivity index (χ3v) is 2.63. The number of nitrogens with zero attached hydrogens (tertiary/aromatic N) is 2. The Morgan fingerprint density at radius 3 is 2.75 bits per heavy atom. The van der Waals surface area contributed by atoms with E-state index in [4.69, 9.17) is 0 Å². The van der Waals surface area contributed by atoms with E-state index in [9.17, 15) is 0 Å². The molecule has 0 saturated heterocycles. The van der Waals surface area contributed by atoms with Gasteiger partial charge in [0.15, 0.2) is 0 Å². The zero-order chi connectivity index (χ0) is 12.0. The van der Waals surface area contributed by atoms with Gasteiger partial charge in [-0.2, -0.15) is 11.8 Å². The summed E-state index contributed by atoms with van der Waals surface area (Å²) in [6, 6.07) is 2.05. The van der Waals surface area contributed by atoms with Crippen molar-refractivity contribution >= 4 is 11.8 Å². The molecule has 1 aromatic rings. The molecule has 1 N–H and O–H groups in total. The minimum atomic E-state index is 0.675. The quantitative estimate of drug-likeness (QED) is 0.827. The largest absolute Gasteiger partial charge is 0.311 e. The molecule has 0 aliphatic carbocycles. The number of aryl methyl sites for hydroxylation is 1. The fourth-order valence-corrected chi connectivity index (χ4v) is 1.86. The van der Waals surface area contributed by atoms with Gasteiger partial charge in [0.2, 0.25) is 0 Å². The van der Waals surface area contributed by atoms with Gasteiger partial charge in [0.1, 0.15) is 5.82 Å². The molecule has 0 aliphatic rings. The van der Waals surface area contributed by atoms with Gasteiger partial charge in [0, 0.05) is 12.2 Å². The molecule has 0 spiro atoms. The lowest BCUT2D eigenvalue weighted by Crippen LogP contribution is -2.20. The molecule has 0 aliphatic heterocycles. The Morgan fingerprint density at radius 1 is 1.38 bits per heavy atom. The maximum Gasteiger partial charge on any atom is 0.138 e. The van der Waals surface area contributed by atoms with E-state index in [1.54, 1.807) is 11.8 Å². The molecule has 1 heterocycles. The lowest BCUT2D eigenvalue weighted by Gasteiger charge is -2.08. The first-order valence-electron chi connectivity index (χ1n) is 5.65. The third-order valence-electron chi connectivity index (χ3n) is 2.09. The summed E-state index contributed by atoms with van der Waals surface area (Å²) in [6.07, 6.45) is 2.07. The molecule has 3 nitrogen and oxygen atoms in total. The fraction of sp³-hybridized carbons (Fsp3) is 0.667. The van der Waals surface area contributed by atoms with Crippen molar-refractivity contribution in [3.63, 3.8) is 0 Å². The highest BCUT2D eigenvalue weighted by atomic mass is 32.2. The Morgan fingerprint density at radius 2 is 2.12 bits per heavy atom. The van der Waals surface area contributed by atoms with Gasteiger partial charge in [-0.3, -0.25) is 0 Å². The van der Waals surface area contributed by atoms with Gasteiger partial charge in [-0.25, -0.2) is 9.97 Å². The number of nitrogens with one attached hydrogen (secondary N) is 1. The zero-order valence-electron chi connectivity index (χ0n) is 10.6. The third kappa shape index (κ3) is 4.94. The van der Waals surface area contributed by atoms with Crippen molar-refractivity contribution in [2.75, 3.05) is 12.8 Å². The minimum absolute atomic E-state index is 0.675. The topological polar surface area (TPSA) is 37.8 Å². The van der Waals surface area contributed by atoms with Crippen molar-refractivity contribution in [1.29, 1.82) is 0 Å². The smallest absolute Gasteiger partial charge is 0.138 e. The SMILES string of the molecule is CSCc1nc(C)cc(CNCC(C)C)n1. The van der Waals surface area contributed by atoms with Crippen LogP contribution in [0, 0.1) is 12.8 Å². The maximum atomic E-state index is 4.53. The standard InChI is InChI=1S/C12H21N3S/c1-9(2)6-13-7-11-5-10(3)14-12(15-11)8-16-4/h5,9,13H,6-8H2,1-4H3. The van der Waals surface area contributed by atoms with Crippen LogP contribution in [0.25, 0.3) is 0 Å². The number of rotatable bonds is 6. The Hall–Kier alpha value is -0.610. The monoisotopic (exact) mass is 239 g/mol. The van der Waals surface area contributed by atoms with Crippen molar-refractivity contribution in [3.05, 3.63) is 23.3 Å². The molecule has 0 saturated carbocycles. The van der Waals surface area contributed by atoms with Crippen LogP contribution in [0.4, 0.5) is 0 Å². The summed E-state index contributed by atoms with van der Waals surface area (Å²) >= 11 is 1.76. The predicted octanol–water partition coefficient (Wildman–Crippen LogP) is 2.39. The van der Waals surface area contributed by atoms with Gasteiger partial charge < -0.3 is 5.32 Å². The lowest BCUT2D eigenvalue weighted by molar-refractivity contribution is 0.547. The van der Waals surface area contributed by atoms with Gasteiger partial charge in [-0.05, 0) is 31.7 Å². The number of hydrogen-bond acceptors (Lipinski definition) is 4. The Bertz CT molecular complexity index is 326. The maximum absolute atomic E-state index is 4.53. The first-order chi connectivity index (χ1) is 7.61. The zero-order valence-corrected chi connectivity index (χ0v) is 11.4. The van der Waals surface area contributed by atoms with E-state index in [0.29, 0.717) is 5.92 Å². The van der Waals surface area contributed by atoms with Crippen molar-refractivity contribution in [2.24, 2.45) is 5.92 Å². The molecule has 1 rings (SSSR count). The highest BCUT2D eigenvalue weighted by Crippen LogP contribution is 2.07. The van der Waals surface area contributed by atoms with Gasteiger partial charge in [0.25, 0.3) is 0 Å². The second kappa shape index (κ2) is 6.86. The first kappa shape index (κ1) is 13.5. The predicted molar refractivity (Wildman–Crippen MR) is 70.5 cm³/mol. The summed E-state index contributed by atoms with van der Waals surface area (Å²) in [6.45, 7) is 8.30. The van der Waals surface area contributed by atoms with Crippen LogP contribution in [0.15, 0.2) is 6.07 Å². The summed E-state index contributed by atoms with van der Waals surface area (Å²) < 4.78 is 0. The lowest BCUT2D eigenvalue weighted by atomic mass is 10.2. The Kier molecular flexibility index (Phi) is 5.77. The molecule has 4 heteroatoms. The molecule has 0 amide bonds. The average molecular weight is 239 g/mol. The fourth-order valence-electron chi connectivity index (χ4n) is 1.47. The van der Waals surface area contributed by atoms with E-state index in [-0.39, 0.29) is 0 Å². The number of thioether (sulfide) groups is 1. The second-order valence-electron chi connectivity index (χ2n) is 4.37. The van der Waals surface area contributed by atoms with E-state index in [2.05, 4.69) is 41.5 Å². The highest BCUT2D eigenvalue weighted by Gasteiger charge is 2.02. The molecule has 0 radical (unpaired) electrons. The molecule has 0 bridgehead atoms. The summed E-state index contributed by atoms with van der Waals surface area (Å²) in [5.41, 5.74) is 2.15. The van der Waals surface area contributed by atoms with E-state index in [1.165, 1.54) is 0 Å². The van der Waals surface area contributed by atoms with Crippen LogP contribution in [0.2, 0.25) is 0 Å². The van der Waals surface area contributed by atoms with Crippen LogP contribution in [0.5, 0.6) is 0 Å². The number of aromatic nitrogens is 2. The molecule has 0 aromatic carbocycles. The molecule has 90 valence electrons. The van der Waals surface area contributed by atoms with Crippen molar-refractivity contribution in [1.82, 2.24) is 15.3 Å². The minimum Gasteiger partial charge on any atom is -0.311 e. The van der Waals surface area contributed by atoms with Crippen LogP contribution in [-0.2, 0) is 12.3 Å². The van der Waals surface area contributed by atoms with Gasteiger partial charge in [-0.15, -0.1) is 0 Å². The van der Waals surface area contributed by atoms with Gasteiger partial charge >= 0.3 is 0 Å². The van der Waals surface area contributed by atoms with Crippen molar-refractivity contribution in [2.45, 2.75) is 33.1 Å². The molecular formula is C12H21N3S. The molecule has 16 heavy (non-hydrogen) atoms. The molecular weight excluding hydrogens is 218 g/mol. The van der Waals surface area contributed by atoms with Crippen molar-refractivity contribution in [3.8, 4) is 0 Å². The molecule has 0 atom stereocenters. The van der Waals surface area contributed by atoms with Gasteiger partial charge in [-0.1, -0.05) is 13.8 Å². The highest BCUT2D eigenvalue weighted by molar-refractivity contribution is 7.97. The molecule has 0 unspecified atom stereocenters. The van der Waals surface area contributed by atoms with Crippen LogP contribution in [-0.4, -0.2) is 22.8 Å². The van der Waals surface area contributed by atoms with Crippen LogP contribution in [0.3, 0.4) is 0 Å². The second-order valence-corrected chi connectivity index (χ2v) is 5.24. The summed E-state index contributed by atoms with van der Waals surface area (Å²) in [5.74, 6) is 2.50. The van der Waals surface area contributed by atoms with E-state index in [1.807, 2.05) is 6.92 Å². The Balaban J connectivity index is 2.58. The molecule has 1 aromatic heterocycles. The van der Waals surface area contributed by atoms with Crippen LogP contribution in [0.1, 0.15) is 31.1 Å². The normalized spacial score (nSPS) is 11.1. The van der Waals surface area contributed by atoms with Crippen LogP contribution >= 0.6 is 11.8 Å². The average Bonchev–Trinajstić information content (AvgIpc) is 2.16. The summed E-state index contributed by atoms with van der Waals surface area (Å²) in [5, 5.41) is 3.40. The number of hydrogen-bond donors (Lipinski definition) is 1. The summed E-state index contributed by atoms with van der Waals surface area (Å²) in [4.78, 5) is 8.93. The van der Waals surface area contributed by atoms with Gasteiger partial charge in [0.05, 0.1) is 11.4 Å². The van der Waals surface area contributed by atoms with E-state index >= 15 is 0 Å². The molecule has 0 fully saturated rings. The van der Waals surface area contributed by atoms with Crippen LogP contribution < -0.4 is 5.32 Å². The van der Waals surface area contributed by atoms with Crippen molar-refractivity contribution < 1.29 is 0 Å². The summed E-state index contributed by atoms with van der Waals surface area (Å²) in [7, 11) is 0. The Labute approximate surface area is 102 Å². The van der Waals surface area contributed by atoms with E-state index in [0.717, 1.165) is 36.1 Å². The first-order valence-corrected chi connectivity index (χ1v) is 7.04.